The molecule has 0 aromatic carbocycles. The molecule has 2 spiro atoms. The average molecular weight is 461 g/mol. The van der Waals surface area contributed by atoms with Crippen LogP contribution in [0, 0.1) is 10.8 Å². The molecule has 0 unspecified atom stereocenters. The molecule has 2 aliphatic carbocycles. The summed E-state index contributed by atoms with van der Waals surface area (Å²) in [5.41, 5.74) is -5.33. The molecule has 1 aromatic heterocycles. The van der Waals surface area contributed by atoms with E-state index < -0.39 is 51.8 Å². The number of rotatable bonds is 3. The molecule has 180 valence electrons. The van der Waals surface area contributed by atoms with E-state index in [4.69, 9.17) is 18.6 Å². The van der Waals surface area contributed by atoms with Crippen LogP contribution in [0.4, 0.5) is 0 Å². The van der Waals surface area contributed by atoms with Gasteiger partial charge in [0.05, 0.1) is 24.7 Å². The van der Waals surface area contributed by atoms with E-state index in [0.717, 1.165) is 5.56 Å². The lowest BCUT2D eigenvalue weighted by atomic mass is 9.40. The first-order chi connectivity index (χ1) is 15.5. The van der Waals surface area contributed by atoms with E-state index in [1.165, 1.54) is 6.26 Å². The van der Waals surface area contributed by atoms with Crippen LogP contribution in [0.3, 0.4) is 0 Å². The Balaban J connectivity index is 1.56. The molecule has 0 radical (unpaired) electrons. The Morgan fingerprint density at radius 2 is 1.97 bits per heavy atom. The Morgan fingerprint density at radius 3 is 2.58 bits per heavy atom. The topological polar surface area (TPSA) is 119 Å². The minimum Gasteiger partial charge on any atom is -0.472 e. The molecule has 4 aliphatic rings. The standard InChI is InChI=1S/C25H32O8/c1-5-15(2)19(26)33-18-6-8-25(29)21(3,22(18,4)28)9-10-23(14-31-23)24(25)12-17(32-20(24)27)16-7-11-30-13-16/h5,7,11,13,17-18,28-29H,6,8-10,12,14H2,1-4H3/b15-5-/t17-,18-,21-,22+,23-,24-,25-/m1/s1. The Morgan fingerprint density at radius 1 is 1.24 bits per heavy atom. The van der Waals surface area contributed by atoms with Gasteiger partial charge in [0.2, 0.25) is 0 Å². The second-order valence-electron chi connectivity index (χ2n) is 10.6. The zero-order valence-corrected chi connectivity index (χ0v) is 19.6. The smallest absolute Gasteiger partial charge is 0.333 e. The molecule has 0 amide bonds. The van der Waals surface area contributed by atoms with Crippen molar-refractivity contribution < 1.29 is 38.4 Å². The highest BCUT2D eigenvalue weighted by atomic mass is 16.6. The maximum atomic E-state index is 13.6. The number of epoxide rings is 1. The molecule has 4 fully saturated rings. The highest BCUT2D eigenvalue weighted by Gasteiger charge is 2.85. The molecule has 2 aliphatic heterocycles. The predicted molar refractivity (Wildman–Crippen MR) is 115 cm³/mol. The number of esters is 2. The van der Waals surface area contributed by atoms with Crippen molar-refractivity contribution in [2.75, 3.05) is 6.61 Å². The first kappa shape index (κ1) is 22.6. The number of hydrogen-bond acceptors (Lipinski definition) is 8. The van der Waals surface area contributed by atoms with E-state index in [-0.39, 0.29) is 19.3 Å². The van der Waals surface area contributed by atoms with Crippen LogP contribution in [-0.4, -0.2) is 51.7 Å². The number of fused-ring (bicyclic) bond motifs is 3. The first-order valence-electron chi connectivity index (χ1n) is 11.6. The Bertz CT molecular complexity index is 1010. The van der Waals surface area contributed by atoms with Crippen molar-refractivity contribution in [1.82, 2.24) is 0 Å². The number of aliphatic hydroxyl groups is 2. The number of allylic oxidation sites excluding steroid dienone is 1. The van der Waals surface area contributed by atoms with Crippen LogP contribution in [0.15, 0.2) is 34.7 Å². The molecule has 5 rings (SSSR count). The maximum absolute atomic E-state index is 13.6. The number of cyclic esters (lactones) is 1. The van der Waals surface area contributed by atoms with Gasteiger partial charge in [0.1, 0.15) is 28.8 Å². The van der Waals surface area contributed by atoms with Gasteiger partial charge in [-0.3, -0.25) is 4.79 Å². The number of furan rings is 1. The quantitative estimate of drug-likeness (QED) is 0.401. The van der Waals surface area contributed by atoms with E-state index in [1.807, 2.05) is 0 Å². The summed E-state index contributed by atoms with van der Waals surface area (Å²) in [7, 11) is 0. The molecule has 8 heteroatoms. The van der Waals surface area contributed by atoms with Crippen LogP contribution < -0.4 is 0 Å². The lowest BCUT2D eigenvalue weighted by Crippen LogP contribution is -2.78. The Kier molecular flexibility index (Phi) is 4.75. The summed E-state index contributed by atoms with van der Waals surface area (Å²) in [4.78, 5) is 26.1. The van der Waals surface area contributed by atoms with Crippen molar-refractivity contribution in [2.45, 2.75) is 88.8 Å². The molecule has 7 atom stereocenters. The summed E-state index contributed by atoms with van der Waals surface area (Å²) in [5.74, 6) is -1.000. The van der Waals surface area contributed by atoms with Crippen LogP contribution in [0.1, 0.15) is 71.5 Å². The normalized spacial score (nSPS) is 46.8. The third-order valence-corrected chi connectivity index (χ3v) is 9.44. The van der Waals surface area contributed by atoms with Crippen LogP contribution >= 0.6 is 0 Å². The van der Waals surface area contributed by atoms with Gasteiger partial charge in [0.25, 0.3) is 0 Å². The highest BCUT2D eigenvalue weighted by molar-refractivity contribution is 5.88. The summed E-state index contributed by atoms with van der Waals surface area (Å²) < 4.78 is 22.7. The molecule has 0 bridgehead atoms. The van der Waals surface area contributed by atoms with Crippen LogP contribution in [0.25, 0.3) is 0 Å². The average Bonchev–Trinajstić information content (AvgIpc) is 3.19. The molecule has 2 saturated carbocycles. The van der Waals surface area contributed by atoms with E-state index in [9.17, 15) is 19.8 Å². The fourth-order valence-corrected chi connectivity index (χ4v) is 6.84. The van der Waals surface area contributed by atoms with E-state index in [1.54, 1.807) is 46.1 Å². The summed E-state index contributed by atoms with van der Waals surface area (Å²) in [6, 6.07) is 1.75. The Hall–Kier alpha value is -2.16. The van der Waals surface area contributed by atoms with Gasteiger partial charge in [0.15, 0.2) is 0 Å². The molecule has 1 aromatic rings. The lowest BCUT2D eigenvalue weighted by molar-refractivity contribution is -0.311. The van der Waals surface area contributed by atoms with Crippen molar-refractivity contribution in [3.63, 3.8) is 0 Å². The SMILES string of the molecule is C/C=C(/C)C(=O)O[C@@H]1CC[C@@]2(O)[C@](C)(CC[C@@]3(CO3)[C@]23C[C@H](c2ccoc2)OC3=O)[C@@]1(C)O. The van der Waals surface area contributed by atoms with Crippen molar-refractivity contribution in [2.24, 2.45) is 10.8 Å². The van der Waals surface area contributed by atoms with E-state index in [0.29, 0.717) is 25.0 Å². The van der Waals surface area contributed by atoms with Gasteiger partial charge in [-0.25, -0.2) is 4.79 Å². The summed E-state index contributed by atoms with van der Waals surface area (Å²) >= 11 is 0. The Labute approximate surface area is 192 Å². The van der Waals surface area contributed by atoms with E-state index in [2.05, 4.69) is 0 Å². The molecular formula is C25H32O8. The van der Waals surface area contributed by atoms with Gasteiger partial charge in [-0.1, -0.05) is 13.0 Å². The molecule has 3 heterocycles. The van der Waals surface area contributed by atoms with Gasteiger partial charge < -0.3 is 28.8 Å². The van der Waals surface area contributed by atoms with Gasteiger partial charge in [-0.05, 0) is 52.5 Å². The number of carbonyl (C=O) groups is 2. The minimum absolute atomic E-state index is 0.171. The van der Waals surface area contributed by atoms with Crippen LogP contribution in [0.5, 0.6) is 0 Å². The number of hydrogen-bond donors (Lipinski definition) is 2. The summed E-state index contributed by atoms with van der Waals surface area (Å²) in [6.45, 7) is 7.17. The number of carbonyl (C=O) groups excluding carboxylic acids is 2. The van der Waals surface area contributed by atoms with E-state index >= 15 is 0 Å². The molecule has 2 saturated heterocycles. The number of ether oxygens (including phenoxy) is 3. The van der Waals surface area contributed by atoms with Crippen molar-refractivity contribution >= 4 is 11.9 Å². The molecule has 8 nitrogen and oxygen atoms in total. The monoisotopic (exact) mass is 460 g/mol. The minimum atomic E-state index is -1.62. The lowest BCUT2D eigenvalue weighted by Gasteiger charge is -2.66. The molecule has 2 N–H and O–H groups in total. The van der Waals surface area contributed by atoms with Crippen molar-refractivity contribution in [1.29, 1.82) is 0 Å². The van der Waals surface area contributed by atoms with Crippen LogP contribution in [-0.2, 0) is 23.8 Å². The zero-order valence-electron chi connectivity index (χ0n) is 19.6. The summed E-state index contributed by atoms with van der Waals surface area (Å²) in [6.07, 6.45) is 4.85. The first-order valence-corrected chi connectivity index (χ1v) is 11.6. The van der Waals surface area contributed by atoms with Gasteiger partial charge in [-0.15, -0.1) is 0 Å². The third kappa shape index (κ3) is 2.63. The molecule has 33 heavy (non-hydrogen) atoms. The van der Waals surface area contributed by atoms with Crippen molar-refractivity contribution in [3.05, 3.63) is 35.8 Å². The van der Waals surface area contributed by atoms with Crippen LogP contribution in [0.2, 0.25) is 0 Å². The second kappa shape index (κ2) is 6.93. The molecular weight excluding hydrogens is 428 g/mol. The van der Waals surface area contributed by atoms with Gasteiger partial charge in [0, 0.05) is 23.0 Å². The zero-order chi connectivity index (χ0) is 23.9. The fraction of sp³-hybridized carbons (Fsp3) is 0.680. The van der Waals surface area contributed by atoms with Gasteiger partial charge in [-0.2, -0.15) is 0 Å². The van der Waals surface area contributed by atoms with Crippen molar-refractivity contribution in [3.8, 4) is 0 Å². The maximum Gasteiger partial charge on any atom is 0.333 e. The highest BCUT2D eigenvalue weighted by Crippen LogP contribution is 2.74. The van der Waals surface area contributed by atoms with Gasteiger partial charge >= 0.3 is 11.9 Å². The largest absolute Gasteiger partial charge is 0.472 e. The third-order valence-electron chi connectivity index (χ3n) is 9.44. The predicted octanol–water partition coefficient (Wildman–Crippen LogP) is 2.98. The fourth-order valence-electron chi connectivity index (χ4n) is 6.84. The summed E-state index contributed by atoms with van der Waals surface area (Å²) in [5, 5.41) is 24.4. The second-order valence-corrected chi connectivity index (χ2v) is 10.6.